The molecule has 1 aromatic heterocycles. The van der Waals surface area contributed by atoms with E-state index in [0.29, 0.717) is 18.6 Å². The molecule has 1 atom stereocenters. The Kier molecular flexibility index (Phi) is 5.01. The van der Waals surface area contributed by atoms with E-state index in [0.717, 1.165) is 27.1 Å². The summed E-state index contributed by atoms with van der Waals surface area (Å²) < 4.78 is 5.02. The number of benzene rings is 1. The van der Waals surface area contributed by atoms with Crippen LogP contribution in [0.25, 0.3) is 10.4 Å². The third kappa shape index (κ3) is 3.68. The number of carbonyl (C=O) groups excluding carboxylic acids is 3. The zero-order chi connectivity index (χ0) is 17.1. The number of hydrogen-bond acceptors (Lipinski definition) is 6. The first-order valence-corrected chi connectivity index (χ1v) is 9.14. The fraction of sp³-hybridized carbons (Fsp3) is 0.235. The van der Waals surface area contributed by atoms with Gasteiger partial charge in [-0.05, 0) is 36.8 Å². The quantitative estimate of drug-likeness (QED) is 0.826. The molecule has 2 heterocycles. The van der Waals surface area contributed by atoms with Crippen LogP contribution in [0.4, 0.5) is 4.79 Å². The molecule has 0 spiro atoms. The Balaban J connectivity index is 1.76. The molecule has 2 aromatic rings. The Bertz CT molecular complexity index is 799. The van der Waals surface area contributed by atoms with E-state index < -0.39 is 0 Å². The highest BCUT2D eigenvalue weighted by Crippen LogP contribution is 2.32. The van der Waals surface area contributed by atoms with Gasteiger partial charge in [0.2, 0.25) is 5.91 Å². The van der Waals surface area contributed by atoms with Crippen LogP contribution in [0.1, 0.15) is 22.2 Å². The molecule has 1 aliphatic heterocycles. The van der Waals surface area contributed by atoms with E-state index in [1.165, 1.54) is 0 Å². The van der Waals surface area contributed by atoms with Crippen molar-refractivity contribution in [1.82, 2.24) is 5.32 Å². The largest absolute Gasteiger partial charge is 0.462 e. The molecule has 3 rings (SSSR count). The second-order valence-corrected chi connectivity index (χ2v) is 7.50. The molecule has 5 nitrogen and oxygen atoms in total. The van der Waals surface area contributed by atoms with Gasteiger partial charge in [-0.15, -0.1) is 11.3 Å². The Hall–Kier alpha value is -2.12. The normalized spacial score (nSPS) is 17.0. The van der Waals surface area contributed by atoms with Gasteiger partial charge in [0, 0.05) is 16.2 Å². The van der Waals surface area contributed by atoms with Crippen LogP contribution < -0.4 is 5.32 Å². The lowest BCUT2D eigenvalue weighted by Crippen LogP contribution is -2.25. The molecule has 1 fully saturated rings. The van der Waals surface area contributed by atoms with Crippen molar-refractivity contribution in [3.63, 3.8) is 0 Å². The Morgan fingerprint density at radius 3 is 2.79 bits per heavy atom. The van der Waals surface area contributed by atoms with Crippen molar-refractivity contribution in [1.29, 1.82) is 0 Å². The van der Waals surface area contributed by atoms with E-state index in [-0.39, 0.29) is 22.4 Å². The zero-order valence-corrected chi connectivity index (χ0v) is 14.5. The Morgan fingerprint density at radius 2 is 2.08 bits per heavy atom. The number of hydrogen-bond donors (Lipinski definition) is 1. The van der Waals surface area contributed by atoms with Crippen molar-refractivity contribution in [2.75, 3.05) is 6.61 Å². The van der Waals surface area contributed by atoms with E-state index in [1.54, 1.807) is 30.4 Å². The van der Waals surface area contributed by atoms with Crippen LogP contribution in [0.3, 0.4) is 0 Å². The topological polar surface area (TPSA) is 72.5 Å². The van der Waals surface area contributed by atoms with Gasteiger partial charge in [-0.25, -0.2) is 4.79 Å². The number of imide groups is 1. The van der Waals surface area contributed by atoms with Gasteiger partial charge in [-0.2, -0.15) is 0 Å². The van der Waals surface area contributed by atoms with E-state index in [2.05, 4.69) is 5.32 Å². The van der Waals surface area contributed by atoms with Crippen LogP contribution in [-0.2, 0) is 16.0 Å². The van der Waals surface area contributed by atoms with Gasteiger partial charge >= 0.3 is 5.97 Å². The third-order valence-corrected chi connectivity index (χ3v) is 5.61. The molecule has 1 saturated heterocycles. The van der Waals surface area contributed by atoms with Gasteiger partial charge in [-0.1, -0.05) is 23.9 Å². The maximum absolute atomic E-state index is 11.8. The summed E-state index contributed by atoms with van der Waals surface area (Å²) in [6.45, 7) is 2.11. The summed E-state index contributed by atoms with van der Waals surface area (Å²) >= 11 is 2.58. The second-order valence-electron chi connectivity index (χ2n) is 5.15. The Labute approximate surface area is 147 Å². The second kappa shape index (κ2) is 7.19. The van der Waals surface area contributed by atoms with E-state index in [1.807, 2.05) is 24.3 Å². The minimum Gasteiger partial charge on any atom is -0.462 e. The fourth-order valence-electron chi connectivity index (χ4n) is 2.37. The molecular weight excluding hydrogens is 346 g/mol. The summed E-state index contributed by atoms with van der Waals surface area (Å²) in [6, 6.07) is 11.2. The molecule has 0 saturated carbocycles. The van der Waals surface area contributed by atoms with Crippen LogP contribution in [0.2, 0.25) is 0 Å². The molecule has 124 valence electrons. The highest BCUT2D eigenvalue weighted by Gasteiger charge is 2.31. The molecular formula is C17H15NO4S2. The minimum atomic E-state index is -0.366. The first-order chi connectivity index (χ1) is 11.6. The molecule has 0 aliphatic carbocycles. The maximum Gasteiger partial charge on any atom is 0.338 e. The van der Waals surface area contributed by atoms with E-state index in [4.69, 9.17) is 4.74 Å². The minimum absolute atomic E-state index is 0.232. The predicted octanol–water partition coefficient (Wildman–Crippen LogP) is 3.49. The highest BCUT2D eigenvalue weighted by molar-refractivity contribution is 8.15. The lowest BCUT2D eigenvalue weighted by Gasteiger charge is -2.04. The van der Waals surface area contributed by atoms with Gasteiger partial charge in [0.1, 0.15) is 0 Å². The van der Waals surface area contributed by atoms with Crippen LogP contribution in [0, 0.1) is 0 Å². The fourth-order valence-corrected chi connectivity index (χ4v) is 4.37. The standard InChI is InChI=1S/C17H15NO4S2/c1-2-22-16(20)11-5-3-4-10(8-11)13-7-6-12(23-13)9-14-15(19)18-17(21)24-14/h3-8,14H,2,9H2,1H3,(H,18,19,21). The summed E-state index contributed by atoms with van der Waals surface area (Å²) in [5.41, 5.74) is 1.44. The van der Waals surface area contributed by atoms with Crippen LogP contribution in [0.5, 0.6) is 0 Å². The number of amides is 2. The van der Waals surface area contributed by atoms with E-state index in [9.17, 15) is 14.4 Å². The number of thiophene rings is 1. The first kappa shape index (κ1) is 16.7. The van der Waals surface area contributed by atoms with Crippen molar-refractivity contribution in [3.05, 3.63) is 46.8 Å². The SMILES string of the molecule is CCOC(=O)c1cccc(-c2ccc(CC3SC(=O)NC3=O)s2)c1. The molecule has 1 unspecified atom stereocenters. The summed E-state index contributed by atoms with van der Waals surface area (Å²) in [4.78, 5) is 36.7. The van der Waals surface area contributed by atoms with Gasteiger partial charge in [0.05, 0.1) is 17.4 Å². The number of esters is 1. The molecule has 0 radical (unpaired) electrons. The number of nitrogens with one attached hydrogen (secondary N) is 1. The molecule has 1 aromatic carbocycles. The Morgan fingerprint density at radius 1 is 1.25 bits per heavy atom. The summed E-state index contributed by atoms with van der Waals surface area (Å²) in [7, 11) is 0. The number of thioether (sulfide) groups is 1. The molecule has 1 aliphatic rings. The van der Waals surface area contributed by atoms with Crippen LogP contribution >= 0.6 is 23.1 Å². The van der Waals surface area contributed by atoms with Gasteiger partial charge in [0.25, 0.3) is 5.24 Å². The zero-order valence-electron chi connectivity index (χ0n) is 12.9. The molecule has 24 heavy (non-hydrogen) atoms. The van der Waals surface area contributed by atoms with Gasteiger partial charge in [-0.3, -0.25) is 14.9 Å². The lowest BCUT2D eigenvalue weighted by molar-refractivity contribution is -0.118. The van der Waals surface area contributed by atoms with Crippen molar-refractivity contribution in [3.8, 4) is 10.4 Å². The van der Waals surface area contributed by atoms with Crippen molar-refractivity contribution in [2.24, 2.45) is 0 Å². The number of ether oxygens (including phenoxy) is 1. The maximum atomic E-state index is 11.8. The predicted molar refractivity (Wildman–Crippen MR) is 94.3 cm³/mol. The van der Waals surface area contributed by atoms with Gasteiger partial charge in [0.15, 0.2) is 0 Å². The smallest absolute Gasteiger partial charge is 0.338 e. The highest BCUT2D eigenvalue weighted by atomic mass is 32.2. The number of rotatable bonds is 5. The van der Waals surface area contributed by atoms with Crippen LogP contribution in [0.15, 0.2) is 36.4 Å². The average molecular weight is 361 g/mol. The average Bonchev–Trinajstić information content (AvgIpc) is 3.15. The monoisotopic (exact) mass is 361 g/mol. The summed E-state index contributed by atoms with van der Waals surface area (Å²) in [5, 5.41) is 1.64. The summed E-state index contributed by atoms with van der Waals surface area (Å²) in [6.07, 6.45) is 0.518. The molecule has 7 heteroatoms. The first-order valence-electron chi connectivity index (χ1n) is 7.44. The van der Waals surface area contributed by atoms with Crippen molar-refractivity contribution < 1.29 is 19.1 Å². The van der Waals surface area contributed by atoms with Gasteiger partial charge < -0.3 is 4.74 Å². The lowest BCUT2D eigenvalue weighted by atomic mass is 10.1. The van der Waals surface area contributed by atoms with E-state index >= 15 is 0 Å². The molecule has 2 amide bonds. The summed E-state index contributed by atoms with van der Waals surface area (Å²) in [5.74, 6) is -0.571. The third-order valence-electron chi connectivity index (χ3n) is 3.47. The van der Waals surface area contributed by atoms with Crippen molar-refractivity contribution >= 4 is 40.2 Å². The van der Waals surface area contributed by atoms with Crippen LogP contribution in [-0.4, -0.2) is 29.0 Å². The molecule has 1 N–H and O–H groups in total. The molecule has 0 bridgehead atoms. The number of carbonyl (C=O) groups is 3. The van der Waals surface area contributed by atoms with Crippen molar-refractivity contribution in [2.45, 2.75) is 18.6 Å².